The van der Waals surface area contributed by atoms with E-state index in [1.54, 1.807) is 0 Å². The molecule has 118 valence electrons. The van der Waals surface area contributed by atoms with Crippen LogP contribution in [0.3, 0.4) is 0 Å². The number of hydrogen-bond acceptors (Lipinski definition) is 2. The van der Waals surface area contributed by atoms with Gasteiger partial charge in [-0.1, -0.05) is 64.3 Å². The minimum atomic E-state index is 0.0964. The lowest BCUT2D eigenvalue weighted by molar-refractivity contribution is -0.120. The van der Waals surface area contributed by atoms with Crippen LogP contribution in [0.2, 0.25) is 0 Å². The van der Waals surface area contributed by atoms with Gasteiger partial charge in [0.2, 0.25) is 5.91 Å². The van der Waals surface area contributed by atoms with Gasteiger partial charge in [0.1, 0.15) is 0 Å². The molecule has 0 saturated carbocycles. The predicted molar refractivity (Wildman–Crippen MR) is 89.0 cm³/mol. The van der Waals surface area contributed by atoms with E-state index < -0.39 is 0 Å². The van der Waals surface area contributed by atoms with E-state index in [4.69, 9.17) is 5.73 Å². The molecule has 0 saturated heterocycles. The van der Waals surface area contributed by atoms with Gasteiger partial charge in [0, 0.05) is 13.1 Å². The smallest absolute Gasteiger partial charge is 0.224 e. The van der Waals surface area contributed by atoms with Crippen molar-refractivity contribution in [1.29, 1.82) is 0 Å². The van der Waals surface area contributed by atoms with Crippen LogP contribution in [0.4, 0.5) is 0 Å². The Kier molecular flexibility index (Phi) is 7.44. The van der Waals surface area contributed by atoms with E-state index in [0.29, 0.717) is 13.0 Å². The average Bonchev–Trinajstić information content (AvgIpc) is 2.46. The van der Waals surface area contributed by atoms with Gasteiger partial charge in [0.25, 0.3) is 0 Å². The Bertz CT molecular complexity index is 423. The standard InChI is InChI=1S/C18H30N2O/c1-4-5-6-11-18(2,3)14-20-17(21)12-15-7-9-16(13-19)10-8-15/h7-10H,4-6,11-14,19H2,1-3H3,(H,20,21). The highest BCUT2D eigenvalue weighted by molar-refractivity contribution is 5.78. The summed E-state index contributed by atoms with van der Waals surface area (Å²) in [6, 6.07) is 7.93. The molecular weight excluding hydrogens is 260 g/mol. The second-order valence-corrected chi connectivity index (χ2v) is 6.60. The molecule has 21 heavy (non-hydrogen) atoms. The molecule has 3 N–H and O–H groups in total. The second kappa shape index (κ2) is 8.83. The number of unbranched alkanes of at least 4 members (excludes halogenated alkanes) is 2. The SMILES string of the molecule is CCCCCC(C)(C)CNC(=O)Cc1ccc(CN)cc1. The Labute approximate surface area is 129 Å². The molecule has 0 unspecified atom stereocenters. The van der Waals surface area contributed by atoms with Crippen LogP contribution in [0.1, 0.15) is 57.6 Å². The summed E-state index contributed by atoms with van der Waals surface area (Å²) in [6.07, 6.45) is 5.34. The maximum absolute atomic E-state index is 12.0. The van der Waals surface area contributed by atoms with Crippen LogP contribution in [-0.4, -0.2) is 12.5 Å². The van der Waals surface area contributed by atoms with Gasteiger partial charge in [0.15, 0.2) is 0 Å². The fourth-order valence-corrected chi connectivity index (χ4v) is 2.32. The number of nitrogens with one attached hydrogen (secondary N) is 1. The van der Waals surface area contributed by atoms with Crippen molar-refractivity contribution in [2.45, 2.75) is 59.4 Å². The van der Waals surface area contributed by atoms with E-state index in [-0.39, 0.29) is 11.3 Å². The van der Waals surface area contributed by atoms with Gasteiger partial charge in [-0.3, -0.25) is 4.79 Å². The van der Waals surface area contributed by atoms with Gasteiger partial charge in [0.05, 0.1) is 6.42 Å². The molecule has 1 rings (SSSR count). The Balaban J connectivity index is 2.35. The third kappa shape index (κ3) is 7.28. The molecular formula is C18H30N2O. The molecule has 0 spiro atoms. The second-order valence-electron chi connectivity index (χ2n) is 6.60. The van der Waals surface area contributed by atoms with Crippen molar-refractivity contribution in [2.75, 3.05) is 6.54 Å². The lowest BCUT2D eigenvalue weighted by Gasteiger charge is -2.25. The number of carbonyl (C=O) groups excluding carboxylic acids is 1. The predicted octanol–water partition coefficient (Wildman–Crippen LogP) is 3.41. The molecule has 0 bridgehead atoms. The minimum absolute atomic E-state index is 0.0964. The van der Waals surface area contributed by atoms with Crippen LogP contribution in [-0.2, 0) is 17.8 Å². The van der Waals surface area contributed by atoms with Crippen LogP contribution >= 0.6 is 0 Å². The zero-order valence-electron chi connectivity index (χ0n) is 13.7. The van der Waals surface area contributed by atoms with Crippen molar-refractivity contribution >= 4 is 5.91 Å². The van der Waals surface area contributed by atoms with E-state index in [0.717, 1.165) is 24.1 Å². The maximum Gasteiger partial charge on any atom is 0.224 e. The maximum atomic E-state index is 12.0. The van der Waals surface area contributed by atoms with Crippen LogP contribution in [0.15, 0.2) is 24.3 Å². The van der Waals surface area contributed by atoms with Gasteiger partial charge in [-0.15, -0.1) is 0 Å². The summed E-state index contributed by atoms with van der Waals surface area (Å²) in [5, 5.41) is 3.06. The molecule has 0 atom stereocenters. The molecule has 0 radical (unpaired) electrons. The molecule has 3 nitrogen and oxygen atoms in total. The third-order valence-electron chi connectivity index (χ3n) is 3.84. The molecule has 1 aromatic carbocycles. The van der Waals surface area contributed by atoms with Crippen LogP contribution in [0.5, 0.6) is 0 Å². The Morgan fingerprint density at radius 1 is 1.14 bits per heavy atom. The van der Waals surface area contributed by atoms with Crippen molar-refractivity contribution in [3.63, 3.8) is 0 Å². The summed E-state index contributed by atoms with van der Waals surface area (Å²) >= 11 is 0. The lowest BCUT2D eigenvalue weighted by atomic mass is 9.87. The quantitative estimate of drug-likeness (QED) is 0.685. The lowest BCUT2D eigenvalue weighted by Crippen LogP contribution is -2.34. The molecule has 0 heterocycles. The van der Waals surface area contributed by atoms with Gasteiger partial charge >= 0.3 is 0 Å². The number of nitrogens with two attached hydrogens (primary N) is 1. The normalized spacial score (nSPS) is 11.4. The molecule has 0 fully saturated rings. The Morgan fingerprint density at radius 3 is 2.33 bits per heavy atom. The first kappa shape index (κ1) is 17.7. The number of amides is 1. The number of benzene rings is 1. The Morgan fingerprint density at radius 2 is 1.76 bits per heavy atom. The number of hydrogen-bond donors (Lipinski definition) is 2. The first-order chi connectivity index (χ1) is 9.96. The van der Waals surface area contributed by atoms with Gasteiger partial charge < -0.3 is 11.1 Å². The minimum Gasteiger partial charge on any atom is -0.355 e. The van der Waals surface area contributed by atoms with E-state index in [1.807, 2.05) is 24.3 Å². The van der Waals surface area contributed by atoms with E-state index in [2.05, 4.69) is 26.1 Å². The first-order valence-corrected chi connectivity index (χ1v) is 8.01. The van der Waals surface area contributed by atoms with Crippen molar-refractivity contribution in [3.05, 3.63) is 35.4 Å². The number of carbonyl (C=O) groups is 1. The molecule has 0 aliphatic carbocycles. The van der Waals surface area contributed by atoms with Crippen LogP contribution < -0.4 is 11.1 Å². The summed E-state index contributed by atoms with van der Waals surface area (Å²) in [7, 11) is 0. The molecule has 1 aromatic rings. The van der Waals surface area contributed by atoms with E-state index in [9.17, 15) is 4.79 Å². The summed E-state index contributed by atoms with van der Waals surface area (Å²) in [5.41, 5.74) is 7.87. The van der Waals surface area contributed by atoms with Crippen molar-refractivity contribution < 1.29 is 4.79 Å². The summed E-state index contributed by atoms with van der Waals surface area (Å²) in [5.74, 6) is 0.0964. The van der Waals surface area contributed by atoms with Crippen LogP contribution in [0.25, 0.3) is 0 Å². The molecule has 0 aliphatic heterocycles. The van der Waals surface area contributed by atoms with Gasteiger partial charge in [-0.05, 0) is 23.0 Å². The zero-order valence-corrected chi connectivity index (χ0v) is 13.7. The molecule has 3 heteroatoms. The molecule has 1 amide bonds. The van der Waals surface area contributed by atoms with E-state index in [1.165, 1.54) is 19.3 Å². The summed E-state index contributed by atoms with van der Waals surface area (Å²) in [4.78, 5) is 12.0. The largest absolute Gasteiger partial charge is 0.355 e. The fraction of sp³-hybridized carbons (Fsp3) is 0.611. The number of rotatable bonds is 9. The first-order valence-electron chi connectivity index (χ1n) is 8.01. The highest BCUT2D eigenvalue weighted by Gasteiger charge is 2.18. The molecule has 0 aromatic heterocycles. The zero-order chi connectivity index (χ0) is 15.7. The summed E-state index contributed by atoms with van der Waals surface area (Å²) in [6.45, 7) is 7.94. The highest BCUT2D eigenvalue weighted by Crippen LogP contribution is 2.22. The highest BCUT2D eigenvalue weighted by atomic mass is 16.1. The summed E-state index contributed by atoms with van der Waals surface area (Å²) < 4.78 is 0. The van der Waals surface area contributed by atoms with Gasteiger partial charge in [-0.25, -0.2) is 0 Å². The van der Waals surface area contributed by atoms with E-state index >= 15 is 0 Å². The topological polar surface area (TPSA) is 55.1 Å². The molecule has 0 aliphatic rings. The van der Waals surface area contributed by atoms with Gasteiger partial charge in [-0.2, -0.15) is 0 Å². The fourth-order valence-electron chi connectivity index (χ4n) is 2.32. The average molecular weight is 290 g/mol. The van der Waals surface area contributed by atoms with Crippen molar-refractivity contribution in [1.82, 2.24) is 5.32 Å². The monoisotopic (exact) mass is 290 g/mol. The van der Waals surface area contributed by atoms with Crippen LogP contribution in [0, 0.1) is 5.41 Å². The van der Waals surface area contributed by atoms with Crippen molar-refractivity contribution in [3.8, 4) is 0 Å². The third-order valence-corrected chi connectivity index (χ3v) is 3.84. The van der Waals surface area contributed by atoms with Crippen molar-refractivity contribution in [2.24, 2.45) is 11.1 Å². The Hall–Kier alpha value is -1.35.